The molecule has 1 atom stereocenters. The van der Waals surface area contributed by atoms with Crippen LogP contribution in [0.4, 0.5) is 0 Å². The van der Waals surface area contributed by atoms with Crippen molar-refractivity contribution >= 4 is 17.9 Å². The number of hydrogen-bond donors (Lipinski definition) is 2. The van der Waals surface area contributed by atoms with Gasteiger partial charge in [0.05, 0.1) is 25.5 Å². The summed E-state index contributed by atoms with van der Waals surface area (Å²) in [7, 11) is 0. The Labute approximate surface area is 193 Å². The summed E-state index contributed by atoms with van der Waals surface area (Å²) in [6.45, 7) is 6.67. The van der Waals surface area contributed by atoms with Crippen molar-refractivity contribution in [3.8, 4) is 11.5 Å². The molecular formula is C26H28N2O5. The molecule has 3 aromatic rings. The Bertz CT molecular complexity index is 1090. The minimum atomic E-state index is -0.449. The van der Waals surface area contributed by atoms with Gasteiger partial charge in [-0.25, -0.2) is 0 Å². The fourth-order valence-electron chi connectivity index (χ4n) is 3.15. The molecule has 0 spiro atoms. The number of ether oxygens (including phenoxy) is 2. The van der Waals surface area contributed by atoms with Crippen LogP contribution in [0.5, 0.6) is 11.5 Å². The molecule has 0 saturated carbocycles. The lowest BCUT2D eigenvalue weighted by Gasteiger charge is -2.18. The van der Waals surface area contributed by atoms with Crippen LogP contribution >= 0.6 is 0 Å². The van der Waals surface area contributed by atoms with Crippen LogP contribution in [0.1, 0.15) is 48.5 Å². The first-order valence-electron chi connectivity index (χ1n) is 10.8. The molecule has 0 fully saturated rings. The molecule has 33 heavy (non-hydrogen) atoms. The standard InChI is InChI=1S/C26H28N2O5/c1-4-31-23-14-13-20(16-24(23)32-5-2)18(3)27-26(30)22(17-21-12-9-15-33-21)28-25(29)19-10-7-6-8-11-19/h6-18H,4-5H2,1-3H3,(H,27,30)(H,28,29)/b22-17-/t18-/m0/s1. The van der Waals surface area contributed by atoms with E-state index >= 15 is 0 Å². The average molecular weight is 449 g/mol. The van der Waals surface area contributed by atoms with Crippen LogP contribution in [0, 0.1) is 0 Å². The number of furan rings is 1. The van der Waals surface area contributed by atoms with Gasteiger partial charge >= 0.3 is 0 Å². The lowest BCUT2D eigenvalue weighted by atomic mass is 10.1. The number of hydrogen-bond acceptors (Lipinski definition) is 5. The first kappa shape index (κ1) is 23.7. The van der Waals surface area contributed by atoms with Crippen LogP contribution in [0.3, 0.4) is 0 Å². The van der Waals surface area contributed by atoms with Crippen LogP contribution in [-0.4, -0.2) is 25.0 Å². The second-order valence-electron chi connectivity index (χ2n) is 7.16. The van der Waals surface area contributed by atoms with Gasteiger partial charge in [-0.1, -0.05) is 24.3 Å². The monoisotopic (exact) mass is 448 g/mol. The van der Waals surface area contributed by atoms with E-state index in [4.69, 9.17) is 13.9 Å². The maximum Gasteiger partial charge on any atom is 0.268 e. The maximum absolute atomic E-state index is 13.1. The van der Waals surface area contributed by atoms with Crippen molar-refractivity contribution in [2.24, 2.45) is 0 Å². The molecule has 0 bridgehead atoms. The van der Waals surface area contributed by atoms with E-state index in [-0.39, 0.29) is 11.7 Å². The molecule has 2 amide bonds. The van der Waals surface area contributed by atoms with Gasteiger partial charge in [-0.05, 0) is 62.7 Å². The first-order valence-corrected chi connectivity index (χ1v) is 10.8. The molecule has 7 heteroatoms. The normalized spacial score (nSPS) is 12.0. The number of carbonyl (C=O) groups excluding carboxylic acids is 2. The molecule has 3 rings (SSSR count). The predicted molar refractivity (Wildman–Crippen MR) is 126 cm³/mol. The van der Waals surface area contributed by atoms with Gasteiger partial charge in [0.1, 0.15) is 11.5 Å². The second kappa shape index (κ2) is 11.6. The second-order valence-corrected chi connectivity index (χ2v) is 7.16. The van der Waals surface area contributed by atoms with Crippen molar-refractivity contribution in [1.29, 1.82) is 0 Å². The highest BCUT2D eigenvalue weighted by atomic mass is 16.5. The summed E-state index contributed by atoms with van der Waals surface area (Å²) < 4.78 is 16.6. The highest BCUT2D eigenvalue weighted by Gasteiger charge is 2.19. The Morgan fingerprint density at radius 1 is 0.970 bits per heavy atom. The van der Waals surface area contributed by atoms with Gasteiger partial charge in [0.15, 0.2) is 11.5 Å². The zero-order valence-corrected chi connectivity index (χ0v) is 19.0. The SMILES string of the molecule is CCOc1ccc([C@H](C)NC(=O)/C(=C/c2ccco2)NC(=O)c2ccccc2)cc1OCC. The van der Waals surface area contributed by atoms with Gasteiger partial charge < -0.3 is 24.5 Å². The Morgan fingerprint density at radius 2 is 1.70 bits per heavy atom. The molecule has 172 valence electrons. The first-order chi connectivity index (χ1) is 16.0. The highest BCUT2D eigenvalue weighted by Crippen LogP contribution is 2.30. The van der Waals surface area contributed by atoms with Crippen LogP contribution in [0.15, 0.2) is 77.0 Å². The van der Waals surface area contributed by atoms with Gasteiger partial charge in [0, 0.05) is 11.6 Å². The van der Waals surface area contributed by atoms with E-state index in [9.17, 15) is 9.59 Å². The lowest BCUT2D eigenvalue weighted by Crippen LogP contribution is -2.36. The maximum atomic E-state index is 13.1. The van der Waals surface area contributed by atoms with Crippen molar-refractivity contribution in [2.45, 2.75) is 26.8 Å². The van der Waals surface area contributed by atoms with Gasteiger partial charge in [0.2, 0.25) is 0 Å². The highest BCUT2D eigenvalue weighted by molar-refractivity contribution is 6.05. The zero-order chi connectivity index (χ0) is 23.6. The third-order valence-electron chi connectivity index (χ3n) is 4.77. The molecule has 0 aliphatic rings. The third-order valence-corrected chi connectivity index (χ3v) is 4.77. The van der Waals surface area contributed by atoms with Crippen LogP contribution in [0.2, 0.25) is 0 Å². The molecule has 1 heterocycles. The minimum absolute atomic E-state index is 0.0709. The van der Waals surface area contributed by atoms with E-state index in [1.165, 1.54) is 12.3 Å². The smallest absolute Gasteiger partial charge is 0.268 e. The summed E-state index contributed by atoms with van der Waals surface area (Å²) in [5, 5.41) is 5.62. The lowest BCUT2D eigenvalue weighted by molar-refractivity contribution is -0.118. The quantitative estimate of drug-likeness (QED) is 0.438. The Balaban J connectivity index is 1.80. The molecule has 2 N–H and O–H groups in total. The molecular weight excluding hydrogens is 420 g/mol. The molecule has 7 nitrogen and oxygen atoms in total. The molecule has 0 aliphatic heterocycles. The van der Waals surface area contributed by atoms with Gasteiger partial charge in [-0.3, -0.25) is 9.59 Å². The number of benzene rings is 2. The molecule has 1 aromatic heterocycles. The number of rotatable bonds is 10. The predicted octanol–water partition coefficient (Wildman–Crippen LogP) is 4.73. The zero-order valence-electron chi connectivity index (χ0n) is 19.0. The van der Waals surface area contributed by atoms with E-state index in [1.54, 1.807) is 36.4 Å². The molecule has 0 aliphatic carbocycles. The Hall–Kier alpha value is -4.00. The number of amides is 2. The van der Waals surface area contributed by atoms with E-state index in [1.807, 2.05) is 45.0 Å². The van der Waals surface area contributed by atoms with E-state index < -0.39 is 11.8 Å². The molecule has 2 aromatic carbocycles. The summed E-state index contributed by atoms with van der Waals surface area (Å²) in [5.41, 5.74) is 1.35. The van der Waals surface area contributed by atoms with Crippen molar-refractivity contribution in [3.63, 3.8) is 0 Å². The van der Waals surface area contributed by atoms with Crippen LogP contribution in [-0.2, 0) is 4.79 Å². The van der Waals surface area contributed by atoms with Crippen LogP contribution < -0.4 is 20.1 Å². The summed E-state index contributed by atoms with van der Waals surface area (Å²) in [4.78, 5) is 25.8. The Morgan fingerprint density at radius 3 is 2.36 bits per heavy atom. The Kier molecular flexibility index (Phi) is 8.30. The topological polar surface area (TPSA) is 89.8 Å². The minimum Gasteiger partial charge on any atom is -0.490 e. The van der Waals surface area contributed by atoms with Crippen molar-refractivity contribution < 1.29 is 23.5 Å². The van der Waals surface area contributed by atoms with Crippen molar-refractivity contribution in [3.05, 3.63) is 89.5 Å². The van der Waals surface area contributed by atoms with Crippen LogP contribution in [0.25, 0.3) is 6.08 Å². The summed E-state index contributed by atoms with van der Waals surface area (Å²) in [6, 6.07) is 17.3. The van der Waals surface area contributed by atoms with Gasteiger partial charge in [-0.15, -0.1) is 0 Å². The van der Waals surface area contributed by atoms with Crippen molar-refractivity contribution in [2.75, 3.05) is 13.2 Å². The molecule has 0 unspecified atom stereocenters. The summed E-state index contributed by atoms with van der Waals surface area (Å²) in [6.07, 6.45) is 2.99. The van der Waals surface area contributed by atoms with E-state index in [0.29, 0.717) is 36.0 Å². The molecule has 0 saturated heterocycles. The van der Waals surface area contributed by atoms with Crippen molar-refractivity contribution in [1.82, 2.24) is 10.6 Å². The largest absolute Gasteiger partial charge is 0.490 e. The fraction of sp³-hybridized carbons (Fsp3) is 0.231. The fourth-order valence-corrected chi connectivity index (χ4v) is 3.15. The summed E-state index contributed by atoms with van der Waals surface area (Å²) in [5.74, 6) is 0.864. The third kappa shape index (κ3) is 6.49. The average Bonchev–Trinajstić information content (AvgIpc) is 3.33. The van der Waals surface area contributed by atoms with E-state index in [2.05, 4.69) is 10.6 Å². The summed E-state index contributed by atoms with van der Waals surface area (Å²) >= 11 is 0. The van der Waals surface area contributed by atoms with Gasteiger partial charge in [0.25, 0.3) is 11.8 Å². The van der Waals surface area contributed by atoms with E-state index in [0.717, 1.165) is 5.56 Å². The number of carbonyl (C=O) groups is 2. The van der Waals surface area contributed by atoms with Gasteiger partial charge in [-0.2, -0.15) is 0 Å². The molecule has 0 radical (unpaired) electrons. The number of nitrogens with one attached hydrogen (secondary N) is 2.